The molecule has 1 aliphatic carbocycles. The van der Waals surface area contributed by atoms with Gasteiger partial charge in [-0.25, -0.2) is 9.37 Å². The van der Waals surface area contributed by atoms with Crippen molar-refractivity contribution in [2.45, 2.75) is 65.0 Å². The predicted octanol–water partition coefficient (Wildman–Crippen LogP) is 4.67. The molecule has 236 valence electrons. The van der Waals surface area contributed by atoms with Crippen LogP contribution in [0.5, 0.6) is 0 Å². The van der Waals surface area contributed by atoms with Gasteiger partial charge in [0.05, 0.1) is 18.0 Å². The lowest BCUT2D eigenvalue weighted by atomic mass is 9.90. The molecule has 2 atom stereocenters. The maximum Gasteiger partial charge on any atom is 0.274 e. The summed E-state index contributed by atoms with van der Waals surface area (Å²) in [5.41, 5.74) is 6.70. The average Bonchev–Trinajstić information content (AvgIpc) is 3.67. The molecule has 3 aliphatic heterocycles. The molecule has 0 saturated carbocycles. The Morgan fingerprint density at radius 2 is 1.93 bits per heavy atom. The topological polar surface area (TPSA) is 97.1 Å². The number of rotatable bonds is 6. The summed E-state index contributed by atoms with van der Waals surface area (Å²) in [5, 5.41) is 24.9. The van der Waals surface area contributed by atoms with Crippen LogP contribution in [0.25, 0.3) is 5.57 Å². The van der Waals surface area contributed by atoms with E-state index < -0.39 is 12.0 Å². The predicted molar refractivity (Wildman–Crippen MR) is 172 cm³/mol. The van der Waals surface area contributed by atoms with Gasteiger partial charge in [-0.3, -0.25) is 9.69 Å². The molecule has 7 rings (SSSR count). The molecule has 4 aliphatic rings. The van der Waals surface area contributed by atoms with E-state index in [1.54, 1.807) is 29.1 Å². The van der Waals surface area contributed by atoms with Crippen molar-refractivity contribution in [2.24, 2.45) is 5.41 Å². The van der Waals surface area contributed by atoms with Gasteiger partial charge in [0.25, 0.3) is 5.91 Å². The number of hydrogen-bond donors (Lipinski definition) is 3. The molecule has 45 heavy (non-hydrogen) atoms. The van der Waals surface area contributed by atoms with Crippen molar-refractivity contribution < 1.29 is 19.4 Å². The second-order valence-corrected chi connectivity index (χ2v) is 13.7. The first-order valence-corrected chi connectivity index (χ1v) is 15.8. The van der Waals surface area contributed by atoms with Crippen LogP contribution in [-0.2, 0) is 26.0 Å². The molecule has 2 aromatic heterocycles. The van der Waals surface area contributed by atoms with Crippen LogP contribution in [0, 0.1) is 11.2 Å². The first-order chi connectivity index (χ1) is 21.5. The van der Waals surface area contributed by atoms with E-state index in [0.29, 0.717) is 58.7 Å². The Labute approximate surface area is 263 Å². The number of aromatic nitrogens is 2. The first-order valence-electron chi connectivity index (χ1n) is 15.8. The number of nitrogens with one attached hydrogen (secondary N) is 1. The lowest BCUT2D eigenvalue weighted by Crippen LogP contribution is -2.41. The Bertz CT molecular complexity index is 1730. The highest BCUT2D eigenvalue weighted by Gasteiger charge is 2.37. The fourth-order valence-corrected chi connectivity index (χ4v) is 7.62. The van der Waals surface area contributed by atoms with Crippen LogP contribution in [0.3, 0.4) is 0 Å². The van der Waals surface area contributed by atoms with E-state index >= 15 is 4.39 Å². The Balaban J connectivity index is 1.19. The van der Waals surface area contributed by atoms with Gasteiger partial charge >= 0.3 is 0 Å². The number of pyridine rings is 1. The summed E-state index contributed by atoms with van der Waals surface area (Å²) in [7, 11) is 3.85. The highest BCUT2D eigenvalue weighted by molar-refractivity contribution is 6.07. The number of carbonyl (C=O) groups excluding carboxylic acids is 1. The summed E-state index contributed by atoms with van der Waals surface area (Å²) >= 11 is 0. The molecule has 9 nitrogen and oxygen atoms in total. The maximum absolute atomic E-state index is 15.3. The summed E-state index contributed by atoms with van der Waals surface area (Å²) in [6, 6.07) is 9.02. The highest BCUT2D eigenvalue weighted by Crippen LogP contribution is 2.41. The number of aliphatic hydroxyl groups excluding tert-OH is 2. The van der Waals surface area contributed by atoms with Crippen molar-refractivity contribution >= 4 is 23.0 Å². The SMILES string of the molecule is CN1C=C(c2cc(F)cc(N3CCn4c(cc5c4CC(C)(C)C5)C3=O)c2CO)C=C(Nc2ccc(C3CCCN3C)cn2)C1O. The van der Waals surface area contributed by atoms with Gasteiger partial charge < -0.3 is 29.9 Å². The Morgan fingerprint density at radius 3 is 2.64 bits per heavy atom. The molecule has 10 heteroatoms. The second kappa shape index (κ2) is 11.1. The fourth-order valence-electron chi connectivity index (χ4n) is 7.62. The summed E-state index contributed by atoms with van der Waals surface area (Å²) in [6.07, 6.45) is 8.48. The van der Waals surface area contributed by atoms with Crippen LogP contribution >= 0.6 is 0 Å². The number of fused-ring (bicyclic) bond motifs is 3. The monoisotopic (exact) mass is 612 g/mol. The van der Waals surface area contributed by atoms with Crippen LogP contribution in [0.2, 0.25) is 0 Å². The standard InChI is InChI=1S/C35H41FN6O3/c1-35(2)16-22-13-30-34(45)42(11-10-41(30)31(22)17-35)29-15-24(36)14-25(26(29)20-43)23-12-27(33(44)40(4)19-23)38-32-8-7-21(18-37-32)28-6-5-9-39(28)3/h7-8,12-15,18-19,28,33,43-44H,5-6,9-11,16-17,20H2,1-4H3,(H,37,38). The summed E-state index contributed by atoms with van der Waals surface area (Å²) in [4.78, 5) is 24.0. The minimum Gasteiger partial charge on any atom is -0.392 e. The molecule has 1 aromatic carbocycles. The average molecular weight is 613 g/mol. The number of hydrogen-bond acceptors (Lipinski definition) is 7. The third-order valence-electron chi connectivity index (χ3n) is 9.86. The quantitative estimate of drug-likeness (QED) is 0.373. The van der Waals surface area contributed by atoms with Gasteiger partial charge in [0.2, 0.25) is 0 Å². The van der Waals surface area contributed by atoms with Gasteiger partial charge in [-0.1, -0.05) is 19.9 Å². The number of likely N-dealkylation sites (tertiary alicyclic amines) is 1. The lowest BCUT2D eigenvalue weighted by molar-refractivity contribution is 0.0878. The van der Waals surface area contributed by atoms with Gasteiger partial charge in [-0.05, 0) is 91.7 Å². The minimum atomic E-state index is -0.981. The number of anilines is 2. The number of nitrogens with zero attached hydrogens (tertiary/aromatic N) is 5. The number of amides is 1. The van der Waals surface area contributed by atoms with Gasteiger partial charge in [0.1, 0.15) is 17.3 Å². The first kappa shape index (κ1) is 29.7. The van der Waals surface area contributed by atoms with E-state index in [0.717, 1.165) is 31.4 Å². The van der Waals surface area contributed by atoms with Gasteiger partial charge in [0.15, 0.2) is 6.23 Å². The van der Waals surface area contributed by atoms with Crippen LogP contribution in [0.15, 0.2) is 54.5 Å². The highest BCUT2D eigenvalue weighted by atomic mass is 19.1. The molecule has 0 spiro atoms. The third-order valence-corrected chi connectivity index (χ3v) is 9.86. The lowest BCUT2D eigenvalue weighted by Gasteiger charge is -2.33. The van der Waals surface area contributed by atoms with Crippen molar-refractivity contribution in [3.63, 3.8) is 0 Å². The smallest absolute Gasteiger partial charge is 0.274 e. The molecule has 5 heterocycles. The van der Waals surface area contributed by atoms with Gasteiger partial charge in [-0.15, -0.1) is 0 Å². The van der Waals surface area contributed by atoms with Crippen LogP contribution in [0.4, 0.5) is 15.9 Å². The molecule has 2 unspecified atom stereocenters. The Morgan fingerprint density at radius 1 is 1.11 bits per heavy atom. The number of aliphatic hydroxyl groups is 2. The van der Waals surface area contributed by atoms with E-state index in [-0.39, 0.29) is 17.9 Å². The maximum atomic E-state index is 15.3. The van der Waals surface area contributed by atoms with E-state index in [4.69, 9.17) is 0 Å². The Kier molecular flexibility index (Phi) is 7.34. The van der Waals surface area contributed by atoms with Crippen molar-refractivity contribution in [1.82, 2.24) is 19.4 Å². The van der Waals surface area contributed by atoms with E-state index in [1.807, 2.05) is 18.3 Å². The molecule has 0 radical (unpaired) electrons. The van der Waals surface area contributed by atoms with Crippen molar-refractivity contribution in [3.05, 3.63) is 94.0 Å². The largest absolute Gasteiger partial charge is 0.392 e. The second-order valence-electron chi connectivity index (χ2n) is 13.7. The third kappa shape index (κ3) is 5.24. The summed E-state index contributed by atoms with van der Waals surface area (Å²) in [6.45, 7) is 6.15. The molecular formula is C35H41FN6O3. The molecule has 0 bridgehead atoms. The summed E-state index contributed by atoms with van der Waals surface area (Å²) < 4.78 is 17.5. The van der Waals surface area contributed by atoms with E-state index in [9.17, 15) is 15.0 Å². The zero-order chi connectivity index (χ0) is 31.6. The fraction of sp³-hybridized carbons (Fsp3) is 0.429. The zero-order valence-corrected chi connectivity index (χ0v) is 26.3. The molecule has 1 fully saturated rings. The number of halogens is 1. The van der Waals surface area contributed by atoms with E-state index in [1.165, 1.54) is 29.8 Å². The van der Waals surface area contributed by atoms with Crippen LogP contribution in [-0.4, -0.2) is 68.9 Å². The van der Waals surface area contributed by atoms with Crippen molar-refractivity contribution in [1.29, 1.82) is 0 Å². The number of likely N-dealkylation sites (N-methyl/N-ethyl adjacent to an activating group) is 1. The van der Waals surface area contributed by atoms with Crippen LogP contribution in [0.1, 0.15) is 71.2 Å². The van der Waals surface area contributed by atoms with Crippen molar-refractivity contribution in [3.8, 4) is 0 Å². The number of benzene rings is 1. The van der Waals surface area contributed by atoms with Gasteiger partial charge in [0, 0.05) is 55.4 Å². The number of carbonyl (C=O) groups is 1. The van der Waals surface area contributed by atoms with E-state index in [2.05, 4.69) is 46.7 Å². The van der Waals surface area contributed by atoms with Crippen molar-refractivity contribution in [2.75, 3.05) is 37.4 Å². The minimum absolute atomic E-state index is 0.177. The molecule has 3 N–H and O–H groups in total. The molecule has 1 amide bonds. The Hall–Kier alpha value is -3.99. The summed E-state index contributed by atoms with van der Waals surface area (Å²) in [5.74, 6) is -0.123. The van der Waals surface area contributed by atoms with Gasteiger partial charge in [-0.2, -0.15) is 0 Å². The normalized spacial score (nSPS) is 22.8. The molecular weight excluding hydrogens is 571 g/mol. The molecule has 3 aromatic rings. The molecule has 1 saturated heterocycles. The number of allylic oxidation sites excluding steroid dienone is 2. The van der Waals surface area contributed by atoms with Crippen LogP contribution < -0.4 is 10.2 Å². The zero-order valence-electron chi connectivity index (χ0n) is 26.3.